The van der Waals surface area contributed by atoms with Gasteiger partial charge in [-0.05, 0) is 177 Å². The van der Waals surface area contributed by atoms with Crippen LogP contribution in [0.4, 0.5) is 0 Å². The second-order valence-corrected chi connectivity index (χ2v) is 25.9. The first kappa shape index (κ1) is 54.3. The second kappa shape index (κ2) is 26.1. The number of fused-ring (bicyclic) bond motifs is 21. The van der Waals surface area contributed by atoms with Gasteiger partial charge in [-0.15, -0.1) is 34.0 Å². The van der Waals surface area contributed by atoms with Crippen molar-refractivity contribution in [3.05, 3.63) is 104 Å². The Morgan fingerprint density at radius 1 is 0.227 bits per heavy atom. The molecule has 3 heterocycles. The molecule has 0 atom stereocenters. The highest BCUT2D eigenvalue weighted by atomic mass is 32.1. The summed E-state index contributed by atoms with van der Waals surface area (Å²) in [5.41, 5.74) is 9.69. The Morgan fingerprint density at radius 2 is 0.440 bits per heavy atom. The van der Waals surface area contributed by atoms with E-state index in [2.05, 4.69) is 112 Å². The van der Waals surface area contributed by atoms with Crippen molar-refractivity contribution < 1.29 is 0 Å². The third-order valence-corrected chi connectivity index (χ3v) is 20.5. The normalized spacial score (nSPS) is 12.4. The fourth-order valence-electron chi connectivity index (χ4n) is 13.6. The molecule has 3 aromatic heterocycles. The third-order valence-electron chi connectivity index (χ3n) is 17.7. The summed E-state index contributed by atoms with van der Waals surface area (Å²) in [5, 5.41) is 29.8. The molecule has 10 aromatic rings. The summed E-state index contributed by atoms with van der Waals surface area (Å²) in [7, 11) is 0. The standard InChI is InChI=1S/C72H90S3/c1-7-13-19-25-31-49-43-58-55-37-40-73-70(55)67-64(61(58)46-52(49)34-28-22-16-10-4)68-66(63-48-54(36-30-24-18-12-6)50(32-26-20-14-8-2)44-59(63)56-38-41-74-71(56)68)69-65(67)62-47-53(35-29-23-17-11-5)51(33-27-21-15-9-3)45-60(62)57-39-42-75-72(57)69/h37-48H,7-36H2,1-6H3. The molecule has 75 heavy (non-hydrogen) atoms. The van der Waals surface area contributed by atoms with Crippen LogP contribution in [0, 0.1) is 0 Å². The molecular formula is C72H90S3. The Morgan fingerprint density at radius 3 is 0.653 bits per heavy atom. The number of hydrogen-bond donors (Lipinski definition) is 0. The molecule has 0 unspecified atom stereocenters. The lowest BCUT2D eigenvalue weighted by Gasteiger charge is -2.22. The van der Waals surface area contributed by atoms with Crippen molar-refractivity contribution in [2.75, 3.05) is 0 Å². The van der Waals surface area contributed by atoms with Gasteiger partial charge in [0.1, 0.15) is 0 Å². The fraction of sp³-hybridized carbons (Fsp3) is 0.500. The average Bonchev–Trinajstić information content (AvgIpc) is 4.26. The predicted molar refractivity (Wildman–Crippen MR) is 345 cm³/mol. The molecule has 0 nitrogen and oxygen atoms in total. The van der Waals surface area contributed by atoms with E-state index in [1.54, 1.807) is 33.4 Å². The quantitative estimate of drug-likeness (QED) is 0.0311. The maximum atomic E-state index is 2.78. The molecule has 0 aliphatic heterocycles. The van der Waals surface area contributed by atoms with Gasteiger partial charge in [0.05, 0.1) is 0 Å². The van der Waals surface area contributed by atoms with Crippen molar-refractivity contribution >= 4 is 129 Å². The molecule has 3 heteroatoms. The fourth-order valence-corrected chi connectivity index (χ4v) is 16.5. The Bertz CT molecular complexity index is 3130. The van der Waals surface area contributed by atoms with Crippen LogP contribution in [0.2, 0.25) is 0 Å². The zero-order chi connectivity index (χ0) is 51.7. The summed E-state index contributed by atoms with van der Waals surface area (Å²) >= 11 is 6.04. The van der Waals surface area contributed by atoms with Crippen LogP contribution in [-0.4, -0.2) is 0 Å². The van der Waals surface area contributed by atoms with Crippen molar-refractivity contribution in [1.29, 1.82) is 0 Å². The maximum Gasteiger partial charge on any atom is 0.0434 e. The lowest BCUT2D eigenvalue weighted by Crippen LogP contribution is -2.00. The first-order valence-electron chi connectivity index (χ1n) is 31.0. The van der Waals surface area contributed by atoms with Crippen molar-refractivity contribution in [2.24, 2.45) is 0 Å². The van der Waals surface area contributed by atoms with Crippen LogP contribution >= 0.6 is 34.0 Å². The van der Waals surface area contributed by atoms with Gasteiger partial charge in [-0.3, -0.25) is 0 Å². The SMILES string of the molecule is CCCCCCc1cc2c3ccsc3c3c(c2cc1CCCCCC)c1c2sccc2c2cc(CCCCCC)c(CCCCCC)cc2c1c1c2sccc2c2cc(CCCCCC)c(CCCCCC)cc2c31. The number of aryl methyl sites for hydroxylation is 6. The average molecular weight is 1050 g/mol. The topological polar surface area (TPSA) is 0 Å². The van der Waals surface area contributed by atoms with Crippen molar-refractivity contribution in [2.45, 2.75) is 234 Å². The summed E-state index contributed by atoms with van der Waals surface area (Å²) in [4.78, 5) is 0. The van der Waals surface area contributed by atoms with E-state index in [0.29, 0.717) is 0 Å². The van der Waals surface area contributed by atoms with E-state index < -0.39 is 0 Å². The summed E-state index contributed by atoms with van der Waals surface area (Å²) in [6.07, 6.45) is 38.3. The zero-order valence-electron chi connectivity index (χ0n) is 47.4. The minimum Gasteiger partial charge on any atom is -0.143 e. The number of benzene rings is 7. The van der Waals surface area contributed by atoms with Crippen LogP contribution < -0.4 is 0 Å². The van der Waals surface area contributed by atoms with E-state index in [0.717, 1.165) is 0 Å². The number of thiophene rings is 3. The molecule has 396 valence electrons. The molecule has 7 aromatic carbocycles. The van der Waals surface area contributed by atoms with Gasteiger partial charge < -0.3 is 0 Å². The number of unbranched alkanes of at least 4 members (excludes halogenated alkanes) is 18. The zero-order valence-corrected chi connectivity index (χ0v) is 49.8. The minimum absolute atomic E-state index is 1.18. The van der Waals surface area contributed by atoms with E-state index in [-0.39, 0.29) is 0 Å². The number of rotatable bonds is 30. The molecule has 10 rings (SSSR count). The van der Waals surface area contributed by atoms with Crippen LogP contribution in [0.1, 0.15) is 229 Å². The third kappa shape index (κ3) is 11.2. The Balaban J connectivity index is 1.40. The maximum absolute atomic E-state index is 2.78. The van der Waals surface area contributed by atoms with Gasteiger partial charge in [-0.25, -0.2) is 0 Å². The Kier molecular flexibility index (Phi) is 18.9. The summed E-state index contributed by atoms with van der Waals surface area (Å²) < 4.78 is 4.48. The first-order valence-corrected chi connectivity index (χ1v) is 33.7. The second-order valence-electron chi connectivity index (χ2n) is 23.1. The lowest BCUT2D eigenvalue weighted by atomic mass is 9.81. The number of hydrogen-bond acceptors (Lipinski definition) is 3. The van der Waals surface area contributed by atoms with Crippen LogP contribution in [0.15, 0.2) is 70.7 Å². The van der Waals surface area contributed by atoms with Gasteiger partial charge >= 0.3 is 0 Å². The van der Waals surface area contributed by atoms with Gasteiger partial charge in [0, 0.05) is 62.6 Å². The highest BCUT2D eigenvalue weighted by Crippen LogP contribution is 2.55. The lowest BCUT2D eigenvalue weighted by molar-refractivity contribution is 0.651. The Labute approximate surface area is 464 Å². The predicted octanol–water partition coefficient (Wildman–Crippen LogP) is 25.0. The van der Waals surface area contributed by atoms with E-state index >= 15 is 0 Å². The van der Waals surface area contributed by atoms with E-state index in [1.807, 2.05) is 34.0 Å². The molecule has 0 radical (unpaired) electrons. The van der Waals surface area contributed by atoms with Gasteiger partial charge in [0.2, 0.25) is 0 Å². The summed E-state index contributed by atoms with van der Waals surface area (Å²) in [5.74, 6) is 0. The Hall–Kier alpha value is -4.02. The van der Waals surface area contributed by atoms with E-state index in [9.17, 15) is 0 Å². The molecule has 0 aliphatic rings. The van der Waals surface area contributed by atoms with Crippen LogP contribution in [0.25, 0.3) is 94.9 Å². The molecule has 0 N–H and O–H groups in total. The molecule has 0 amide bonds. The van der Waals surface area contributed by atoms with Gasteiger partial charge in [-0.2, -0.15) is 0 Å². The van der Waals surface area contributed by atoms with Gasteiger partial charge in [-0.1, -0.05) is 194 Å². The first-order chi connectivity index (χ1) is 37.0. The van der Waals surface area contributed by atoms with Crippen molar-refractivity contribution in [3.8, 4) is 0 Å². The largest absolute Gasteiger partial charge is 0.143 e. The molecule has 0 aliphatic carbocycles. The summed E-state index contributed by atoms with van der Waals surface area (Å²) in [6.45, 7) is 14.1. The van der Waals surface area contributed by atoms with Gasteiger partial charge in [0.15, 0.2) is 0 Å². The monoisotopic (exact) mass is 1050 g/mol. The molecule has 0 spiro atoms. The highest BCUT2D eigenvalue weighted by molar-refractivity contribution is 7.20. The van der Waals surface area contributed by atoms with E-state index in [1.165, 1.54) is 288 Å². The summed E-state index contributed by atoms with van der Waals surface area (Å²) in [6, 6.07) is 24.0. The molecule has 0 saturated heterocycles. The van der Waals surface area contributed by atoms with Crippen molar-refractivity contribution in [3.63, 3.8) is 0 Å². The van der Waals surface area contributed by atoms with Gasteiger partial charge in [0.25, 0.3) is 0 Å². The van der Waals surface area contributed by atoms with Crippen LogP contribution in [0.3, 0.4) is 0 Å². The minimum atomic E-state index is 1.18. The molecular weight excluding hydrogens is 961 g/mol. The van der Waals surface area contributed by atoms with E-state index in [4.69, 9.17) is 0 Å². The molecule has 0 saturated carbocycles. The van der Waals surface area contributed by atoms with Crippen LogP contribution in [0.5, 0.6) is 0 Å². The highest BCUT2D eigenvalue weighted by Gasteiger charge is 2.27. The smallest absolute Gasteiger partial charge is 0.0434 e. The molecule has 0 fully saturated rings. The van der Waals surface area contributed by atoms with Crippen molar-refractivity contribution in [1.82, 2.24) is 0 Å². The molecule has 0 bridgehead atoms. The van der Waals surface area contributed by atoms with Crippen LogP contribution in [-0.2, 0) is 38.5 Å².